The number of likely N-dealkylation sites (tertiary alicyclic amines) is 1. The van der Waals surface area contributed by atoms with Crippen LogP contribution in [0.2, 0.25) is 0 Å². The summed E-state index contributed by atoms with van der Waals surface area (Å²) in [7, 11) is 0. The lowest BCUT2D eigenvalue weighted by molar-refractivity contribution is -0.162. The summed E-state index contributed by atoms with van der Waals surface area (Å²) in [5.74, 6) is -0.944. The maximum absolute atomic E-state index is 14.0. The van der Waals surface area contributed by atoms with Crippen LogP contribution in [0.1, 0.15) is 64.1 Å². The Labute approximate surface area is 197 Å². The molecule has 0 unspecified atom stereocenters. The number of aliphatic hydroxyl groups is 1. The van der Waals surface area contributed by atoms with Crippen LogP contribution in [-0.4, -0.2) is 66.6 Å². The van der Waals surface area contributed by atoms with Gasteiger partial charge in [0.25, 0.3) is 5.91 Å². The first-order valence-electron chi connectivity index (χ1n) is 12.1. The molecule has 2 fully saturated rings. The van der Waals surface area contributed by atoms with E-state index in [0.717, 1.165) is 24.0 Å². The van der Waals surface area contributed by atoms with E-state index >= 15 is 0 Å². The Kier molecular flexibility index (Phi) is 8.54. The van der Waals surface area contributed by atoms with Gasteiger partial charge >= 0.3 is 5.97 Å². The number of rotatable bonds is 7. The van der Waals surface area contributed by atoms with Gasteiger partial charge in [-0.15, -0.1) is 0 Å². The van der Waals surface area contributed by atoms with Gasteiger partial charge in [-0.05, 0) is 49.7 Å². The minimum absolute atomic E-state index is 0.122. The molecule has 7 heteroatoms. The van der Waals surface area contributed by atoms with Crippen molar-refractivity contribution in [3.05, 3.63) is 35.4 Å². The van der Waals surface area contributed by atoms with E-state index in [1.807, 2.05) is 31.2 Å². The third kappa shape index (κ3) is 5.42. The normalized spacial score (nSPS) is 28.1. The van der Waals surface area contributed by atoms with Crippen molar-refractivity contribution in [1.82, 2.24) is 4.90 Å². The van der Waals surface area contributed by atoms with Crippen molar-refractivity contribution in [2.24, 2.45) is 11.3 Å². The lowest BCUT2D eigenvalue weighted by atomic mass is 9.73. The van der Waals surface area contributed by atoms with E-state index in [1.54, 1.807) is 11.8 Å². The Balaban J connectivity index is 2.19. The SMILES string of the molecule is CCOC(=O)[C@@H]1[C@H](C(C)(C)C)[C@H](OCCO)[C@H](c2ccccc2C)N1C(=O)[C@@H]1CCCCO1. The second-order valence-electron chi connectivity index (χ2n) is 10.0. The first kappa shape index (κ1) is 25.7. The predicted octanol–water partition coefficient (Wildman–Crippen LogP) is 3.42. The van der Waals surface area contributed by atoms with Crippen molar-refractivity contribution in [2.45, 2.75) is 78.2 Å². The van der Waals surface area contributed by atoms with Crippen LogP contribution in [0.25, 0.3) is 0 Å². The Morgan fingerprint density at radius 1 is 1.21 bits per heavy atom. The molecule has 0 aromatic heterocycles. The van der Waals surface area contributed by atoms with Gasteiger partial charge in [0.15, 0.2) is 0 Å². The van der Waals surface area contributed by atoms with Crippen LogP contribution in [0.5, 0.6) is 0 Å². The van der Waals surface area contributed by atoms with E-state index in [-0.39, 0.29) is 37.1 Å². The van der Waals surface area contributed by atoms with E-state index in [9.17, 15) is 14.7 Å². The highest BCUT2D eigenvalue weighted by Crippen LogP contribution is 2.50. The fraction of sp³-hybridized carbons (Fsp3) is 0.692. The molecule has 0 aliphatic carbocycles. The molecule has 184 valence electrons. The maximum Gasteiger partial charge on any atom is 0.329 e. The molecule has 1 amide bonds. The zero-order valence-corrected chi connectivity index (χ0v) is 20.6. The highest BCUT2D eigenvalue weighted by molar-refractivity contribution is 5.89. The maximum atomic E-state index is 14.0. The Morgan fingerprint density at radius 3 is 2.52 bits per heavy atom. The summed E-state index contributed by atoms with van der Waals surface area (Å²) in [6, 6.07) is 6.59. The van der Waals surface area contributed by atoms with E-state index in [0.29, 0.717) is 13.0 Å². The van der Waals surface area contributed by atoms with Crippen LogP contribution in [0.15, 0.2) is 24.3 Å². The average molecular weight is 462 g/mol. The number of hydrogen-bond donors (Lipinski definition) is 1. The number of amides is 1. The Bertz CT molecular complexity index is 813. The number of hydrogen-bond acceptors (Lipinski definition) is 6. The number of benzene rings is 1. The molecule has 1 N–H and O–H groups in total. The quantitative estimate of drug-likeness (QED) is 0.627. The molecule has 0 bridgehead atoms. The fourth-order valence-electron chi connectivity index (χ4n) is 5.34. The van der Waals surface area contributed by atoms with Gasteiger partial charge in [0.05, 0.1) is 32.0 Å². The molecule has 3 rings (SSSR count). The summed E-state index contributed by atoms with van der Waals surface area (Å²) in [6.07, 6.45) is 1.41. The van der Waals surface area contributed by atoms with Crippen LogP contribution >= 0.6 is 0 Å². The van der Waals surface area contributed by atoms with Crippen molar-refractivity contribution >= 4 is 11.9 Å². The van der Waals surface area contributed by atoms with Gasteiger partial charge in [-0.2, -0.15) is 0 Å². The zero-order valence-electron chi connectivity index (χ0n) is 20.6. The molecule has 1 aromatic rings. The fourth-order valence-corrected chi connectivity index (χ4v) is 5.34. The number of aryl methyl sites for hydroxylation is 1. The van der Waals surface area contributed by atoms with Crippen LogP contribution < -0.4 is 0 Å². The molecular formula is C26H39NO6. The number of ether oxygens (including phenoxy) is 3. The van der Waals surface area contributed by atoms with Gasteiger partial charge in [0.2, 0.25) is 0 Å². The molecule has 2 aliphatic heterocycles. The highest BCUT2D eigenvalue weighted by Gasteiger charge is 2.60. The predicted molar refractivity (Wildman–Crippen MR) is 125 cm³/mol. The van der Waals surface area contributed by atoms with Gasteiger partial charge < -0.3 is 24.2 Å². The number of carbonyl (C=O) groups is 2. The topological polar surface area (TPSA) is 85.3 Å². The molecule has 0 radical (unpaired) electrons. The molecule has 2 saturated heterocycles. The largest absolute Gasteiger partial charge is 0.464 e. The van der Waals surface area contributed by atoms with E-state index in [2.05, 4.69) is 20.8 Å². The molecule has 5 atom stereocenters. The minimum atomic E-state index is -0.809. The third-order valence-electron chi connectivity index (χ3n) is 6.75. The molecule has 1 aromatic carbocycles. The Hall–Kier alpha value is -1.96. The zero-order chi connectivity index (χ0) is 24.2. The monoisotopic (exact) mass is 461 g/mol. The van der Waals surface area contributed by atoms with Crippen molar-refractivity contribution in [2.75, 3.05) is 26.4 Å². The standard InChI is InChI=1S/C26H39NO6/c1-6-31-25(30)22-20(26(3,4)5)23(33-16-14-28)21(18-12-8-7-11-17(18)2)27(22)24(29)19-13-9-10-15-32-19/h7-8,11-12,19-23,28H,6,9-10,13-16H2,1-5H3/t19-,20-,21-,22-,23-/m0/s1. The summed E-state index contributed by atoms with van der Waals surface area (Å²) >= 11 is 0. The summed E-state index contributed by atoms with van der Waals surface area (Å²) in [6.45, 7) is 10.7. The average Bonchev–Trinajstić information content (AvgIpc) is 3.13. The summed E-state index contributed by atoms with van der Waals surface area (Å²) in [5, 5.41) is 9.55. The Morgan fingerprint density at radius 2 is 1.94 bits per heavy atom. The van der Waals surface area contributed by atoms with Gasteiger partial charge in [0, 0.05) is 12.5 Å². The van der Waals surface area contributed by atoms with Crippen LogP contribution in [0.4, 0.5) is 0 Å². The summed E-state index contributed by atoms with van der Waals surface area (Å²) in [5.41, 5.74) is 1.58. The van der Waals surface area contributed by atoms with Crippen molar-refractivity contribution < 1.29 is 28.9 Å². The molecule has 2 aliphatic rings. The summed E-state index contributed by atoms with van der Waals surface area (Å²) in [4.78, 5) is 29.1. The first-order chi connectivity index (χ1) is 15.7. The van der Waals surface area contributed by atoms with Crippen molar-refractivity contribution in [1.29, 1.82) is 0 Å². The van der Waals surface area contributed by atoms with Gasteiger partial charge in [-0.1, -0.05) is 45.0 Å². The number of aliphatic hydroxyl groups excluding tert-OH is 1. The van der Waals surface area contributed by atoms with E-state index < -0.39 is 30.3 Å². The highest BCUT2D eigenvalue weighted by atomic mass is 16.5. The second kappa shape index (κ2) is 11.0. The summed E-state index contributed by atoms with van der Waals surface area (Å²) < 4.78 is 17.6. The molecule has 2 heterocycles. The van der Waals surface area contributed by atoms with Crippen LogP contribution in [0, 0.1) is 18.3 Å². The van der Waals surface area contributed by atoms with Gasteiger partial charge in [-0.3, -0.25) is 4.79 Å². The first-order valence-corrected chi connectivity index (χ1v) is 12.1. The smallest absolute Gasteiger partial charge is 0.329 e. The van der Waals surface area contributed by atoms with Crippen LogP contribution in [0.3, 0.4) is 0 Å². The lowest BCUT2D eigenvalue weighted by Gasteiger charge is -2.36. The molecular weight excluding hydrogens is 422 g/mol. The van der Waals surface area contributed by atoms with Crippen LogP contribution in [-0.2, 0) is 23.8 Å². The second-order valence-corrected chi connectivity index (χ2v) is 10.0. The van der Waals surface area contributed by atoms with Crippen molar-refractivity contribution in [3.63, 3.8) is 0 Å². The third-order valence-corrected chi connectivity index (χ3v) is 6.75. The molecule has 33 heavy (non-hydrogen) atoms. The van der Waals surface area contributed by atoms with Gasteiger partial charge in [0.1, 0.15) is 12.1 Å². The minimum Gasteiger partial charge on any atom is -0.464 e. The van der Waals surface area contributed by atoms with Crippen molar-refractivity contribution in [3.8, 4) is 0 Å². The van der Waals surface area contributed by atoms with Gasteiger partial charge in [-0.25, -0.2) is 4.79 Å². The van der Waals surface area contributed by atoms with E-state index in [1.165, 1.54) is 0 Å². The molecule has 0 saturated carbocycles. The molecule has 0 spiro atoms. The lowest BCUT2D eigenvalue weighted by Crippen LogP contribution is -2.51. The number of nitrogens with zero attached hydrogens (tertiary/aromatic N) is 1. The number of esters is 1. The van der Waals surface area contributed by atoms with E-state index in [4.69, 9.17) is 14.2 Å². The molecule has 7 nitrogen and oxygen atoms in total. The number of carbonyl (C=O) groups excluding carboxylic acids is 2.